The molecule has 2 N–H and O–H groups in total. The number of anilines is 1. The largest absolute Gasteiger partial charge is 0.465 e. The highest BCUT2D eigenvalue weighted by Gasteiger charge is 2.26. The Hall–Kier alpha value is -2.51. The highest BCUT2D eigenvalue weighted by molar-refractivity contribution is 6.45. The van der Waals surface area contributed by atoms with E-state index in [9.17, 15) is 4.79 Å². The van der Waals surface area contributed by atoms with Crippen LogP contribution in [0.2, 0.25) is 10.0 Å². The van der Waals surface area contributed by atoms with E-state index in [2.05, 4.69) is 10.3 Å². The van der Waals surface area contributed by atoms with Crippen LogP contribution in [0.1, 0.15) is 6.42 Å². The third kappa shape index (κ3) is 3.04. The fourth-order valence-electron chi connectivity index (χ4n) is 3.24. The quantitative estimate of drug-likeness (QED) is 0.712. The topological polar surface area (TPSA) is 83.3 Å². The standard InChI is InChI=1S/C17H15Cl2N5O2/c18-12-2-1-11-13(24-6-4-20-9-24)7-14(22-16(11)15(12)19)23-5-3-10(8-23)21-17(25)26/h1-2,4,6-7,9-10,21H,3,5,8H2,(H,25,26). The molecular weight excluding hydrogens is 377 g/mol. The van der Waals surface area contributed by atoms with Gasteiger partial charge in [0.2, 0.25) is 0 Å². The molecule has 26 heavy (non-hydrogen) atoms. The minimum Gasteiger partial charge on any atom is -0.465 e. The number of amides is 1. The molecule has 1 aliphatic heterocycles. The van der Waals surface area contributed by atoms with Gasteiger partial charge in [0.05, 0.1) is 33.6 Å². The van der Waals surface area contributed by atoms with Crippen LogP contribution in [0, 0.1) is 0 Å². The van der Waals surface area contributed by atoms with Crippen LogP contribution in [-0.2, 0) is 0 Å². The Bertz CT molecular complexity index is 977. The van der Waals surface area contributed by atoms with Crippen LogP contribution in [0.5, 0.6) is 0 Å². The van der Waals surface area contributed by atoms with Crippen LogP contribution in [0.15, 0.2) is 36.9 Å². The number of carbonyl (C=O) groups is 1. The van der Waals surface area contributed by atoms with Crippen molar-refractivity contribution in [1.29, 1.82) is 0 Å². The number of hydrogen-bond acceptors (Lipinski definition) is 4. The molecule has 9 heteroatoms. The third-order valence-corrected chi connectivity index (χ3v) is 5.25. The fourth-order valence-corrected chi connectivity index (χ4v) is 3.60. The van der Waals surface area contributed by atoms with Gasteiger partial charge in [-0.05, 0) is 18.6 Å². The average molecular weight is 392 g/mol. The maximum absolute atomic E-state index is 10.9. The number of benzene rings is 1. The molecule has 0 saturated carbocycles. The lowest BCUT2D eigenvalue weighted by Crippen LogP contribution is -2.36. The van der Waals surface area contributed by atoms with Crippen molar-refractivity contribution in [3.63, 3.8) is 0 Å². The van der Waals surface area contributed by atoms with E-state index in [0.29, 0.717) is 28.7 Å². The van der Waals surface area contributed by atoms with Crippen LogP contribution in [-0.4, -0.2) is 44.9 Å². The maximum Gasteiger partial charge on any atom is 0.404 e. The van der Waals surface area contributed by atoms with Crippen LogP contribution < -0.4 is 10.2 Å². The van der Waals surface area contributed by atoms with Gasteiger partial charge in [-0.1, -0.05) is 23.2 Å². The molecule has 134 valence electrons. The Morgan fingerprint density at radius 3 is 2.92 bits per heavy atom. The van der Waals surface area contributed by atoms with Gasteiger partial charge in [0, 0.05) is 36.9 Å². The van der Waals surface area contributed by atoms with Crippen molar-refractivity contribution in [2.24, 2.45) is 0 Å². The molecule has 1 unspecified atom stereocenters. The molecule has 0 radical (unpaired) electrons. The van der Waals surface area contributed by atoms with Crippen molar-refractivity contribution in [2.45, 2.75) is 12.5 Å². The number of hydrogen-bond donors (Lipinski definition) is 2. The molecule has 0 aliphatic carbocycles. The Morgan fingerprint density at radius 1 is 1.35 bits per heavy atom. The lowest BCUT2D eigenvalue weighted by atomic mass is 10.1. The molecule has 1 saturated heterocycles. The molecule has 7 nitrogen and oxygen atoms in total. The minimum atomic E-state index is -1.02. The van der Waals surface area contributed by atoms with Crippen LogP contribution in [0.3, 0.4) is 0 Å². The van der Waals surface area contributed by atoms with Gasteiger partial charge in [-0.25, -0.2) is 14.8 Å². The molecule has 3 heterocycles. The molecule has 4 rings (SSSR count). The summed E-state index contributed by atoms with van der Waals surface area (Å²) < 4.78 is 1.89. The molecular formula is C17H15Cl2N5O2. The SMILES string of the molecule is O=C(O)NC1CCN(c2cc(-n3ccnc3)c3ccc(Cl)c(Cl)c3n2)C1. The normalized spacial score (nSPS) is 17.0. The Morgan fingerprint density at radius 2 is 2.19 bits per heavy atom. The highest BCUT2D eigenvalue weighted by Crippen LogP contribution is 2.35. The number of pyridine rings is 1. The summed E-state index contributed by atoms with van der Waals surface area (Å²) in [5.41, 5.74) is 1.49. The summed E-state index contributed by atoms with van der Waals surface area (Å²) in [5.74, 6) is 0.722. The molecule has 0 spiro atoms. The van der Waals surface area contributed by atoms with Crippen LogP contribution in [0.4, 0.5) is 10.6 Å². The van der Waals surface area contributed by atoms with E-state index < -0.39 is 6.09 Å². The van der Waals surface area contributed by atoms with Crippen molar-refractivity contribution < 1.29 is 9.90 Å². The number of imidazole rings is 1. The smallest absolute Gasteiger partial charge is 0.404 e. The first-order chi connectivity index (χ1) is 12.5. The van der Waals surface area contributed by atoms with Crippen molar-refractivity contribution in [1.82, 2.24) is 19.9 Å². The summed E-state index contributed by atoms with van der Waals surface area (Å²) in [6.07, 6.45) is 4.96. The molecule has 1 aliphatic rings. The van der Waals surface area contributed by atoms with E-state index in [0.717, 1.165) is 23.3 Å². The molecule has 2 aromatic heterocycles. The number of halogens is 2. The third-order valence-electron chi connectivity index (χ3n) is 4.46. The first-order valence-electron chi connectivity index (χ1n) is 8.04. The summed E-state index contributed by atoms with van der Waals surface area (Å²) in [5, 5.41) is 13.1. The number of nitrogens with zero attached hydrogens (tertiary/aromatic N) is 4. The zero-order chi connectivity index (χ0) is 18.3. The Kier molecular flexibility index (Phi) is 4.34. The Labute approximate surface area is 159 Å². The van der Waals surface area contributed by atoms with Crippen LogP contribution in [0.25, 0.3) is 16.6 Å². The van der Waals surface area contributed by atoms with Crippen LogP contribution >= 0.6 is 23.2 Å². The minimum absolute atomic E-state index is 0.128. The predicted molar refractivity (Wildman–Crippen MR) is 101 cm³/mol. The van der Waals surface area contributed by atoms with Gasteiger partial charge < -0.3 is 19.9 Å². The molecule has 1 aromatic carbocycles. The lowest BCUT2D eigenvalue weighted by molar-refractivity contribution is 0.191. The average Bonchev–Trinajstić information content (AvgIpc) is 3.29. The van der Waals surface area contributed by atoms with E-state index in [1.54, 1.807) is 18.6 Å². The second kappa shape index (κ2) is 6.66. The van der Waals surface area contributed by atoms with Gasteiger partial charge in [-0.15, -0.1) is 0 Å². The van der Waals surface area contributed by atoms with E-state index >= 15 is 0 Å². The van der Waals surface area contributed by atoms with Gasteiger partial charge in [-0.3, -0.25) is 0 Å². The number of carboxylic acid groups (broad SMARTS) is 1. The van der Waals surface area contributed by atoms with E-state index in [-0.39, 0.29) is 6.04 Å². The first-order valence-corrected chi connectivity index (χ1v) is 8.80. The number of fused-ring (bicyclic) bond motifs is 1. The Balaban J connectivity index is 1.81. The fraction of sp³-hybridized carbons (Fsp3) is 0.235. The van der Waals surface area contributed by atoms with E-state index in [1.165, 1.54) is 0 Å². The van der Waals surface area contributed by atoms with E-state index in [4.69, 9.17) is 33.3 Å². The van der Waals surface area contributed by atoms with Crippen molar-refractivity contribution in [3.05, 3.63) is 47.0 Å². The van der Waals surface area contributed by atoms with Crippen molar-refractivity contribution >= 4 is 46.0 Å². The number of aromatic nitrogens is 3. The second-order valence-corrected chi connectivity index (χ2v) is 6.89. The molecule has 3 aromatic rings. The molecule has 1 fully saturated rings. The predicted octanol–water partition coefficient (Wildman–Crippen LogP) is 3.57. The second-order valence-electron chi connectivity index (χ2n) is 6.11. The van der Waals surface area contributed by atoms with Crippen molar-refractivity contribution in [3.8, 4) is 5.69 Å². The van der Waals surface area contributed by atoms with Gasteiger partial charge in [-0.2, -0.15) is 0 Å². The number of nitrogens with one attached hydrogen (secondary N) is 1. The van der Waals surface area contributed by atoms with E-state index in [1.807, 2.05) is 27.8 Å². The lowest BCUT2D eigenvalue weighted by Gasteiger charge is -2.20. The molecule has 0 bridgehead atoms. The summed E-state index contributed by atoms with van der Waals surface area (Å²) in [7, 11) is 0. The van der Waals surface area contributed by atoms with Crippen molar-refractivity contribution in [2.75, 3.05) is 18.0 Å². The summed E-state index contributed by atoms with van der Waals surface area (Å²) in [6.45, 7) is 1.25. The molecule has 1 amide bonds. The monoisotopic (exact) mass is 391 g/mol. The van der Waals surface area contributed by atoms with Gasteiger partial charge in [0.25, 0.3) is 0 Å². The maximum atomic E-state index is 10.9. The zero-order valence-corrected chi connectivity index (χ0v) is 15.1. The summed E-state index contributed by atoms with van der Waals surface area (Å²) >= 11 is 12.6. The van der Waals surface area contributed by atoms with Gasteiger partial charge in [0.1, 0.15) is 5.82 Å². The number of rotatable bonds is 3. The molecule has 1 atom stereocenters. The first kappa shape index (κ1) is 16.9. The zero-order valence-electron chi connectivity index (χ0n) is 13.6. The summed E-state index contributed by atoms with van der Waals surface area (Å²) in [4.78, 5) is 21.7. The highest BCUT2D eigenvalue weighted by atomic mass is 35.5. The van der Waals surface area contributed by atoms with Gasteiger partial charge >= 0.3 is 6.09 Å². The summed E-state index contributed by atoms with van der Waals surface area (Å²) in [6, 6.07) is 5.46. The van der Waals surface area contributed by atoms with Gasteiger partial charge in [0.15, 0.2) is 0 Å².